The molecule has 16 heavy (non-hydrogen) atoms. The van der Waals surface area contributed by atoms with Crippen LogP contribution in [0.2, 0.25) is 0 Å². The van der Waals surface area contributed by atoms with Crippen LogP contribution in [0.3, 0.4) is 0 Å². The van der Waals surface area contributed by atoms with Gasteiger partial charge in [-0.25, -0.2) is 4.79 Å². The molecule has 2 saturated heterocycles. The van der Waals surface area contributed by atoms with Crippen molar-refractivity contribution in [2.24, 2.45) is 5.92 Å². The number of hydrogen-bond donors (Lipinski definition) is 2. The molecule has 0 spiro atoms. The fourth-order valence-corrected chi connectivity index (χ4v) is 2.45. The zero-order chi connectivity index (χ0) is 11.4. The molecule has 92 valence electrons. The monoisotopic (exact) mass is 225 g/mol. The van der Waals surface area contributed by atoms with Gasteiger partial charge in [-0.15, -0.1) is 0 Å². The molecule has 2 aliphatic heterocycles. The van der Waals surface area contributed by atoms with Crippen molar-refractivity contribution >= 4 is 6.03 Å². The summed E-state index contributed by atoms with van der Waals surface area (Å²) in [7, 11) is 0. The van der Waals surface area contributed by atoms with Gasteiger partial charge in [-0.05, 0) is 38.1 Å². The predicted octanol–water partition coefficient (Wildman–Crippen LogP) is 1.18. The van der Waals surface area contributed by atoms with E-state index in [1.54, 1.807) is 0 Å². The first-order valence-corrected chi connectivity index (χ1v) is 6.52. The maximum Gasteiger partial charge on any atom is 0.317 e. The van der Waals surface area contributed by atoms with Crippen LogP contribution < -0.4 is 10.6 Å². The summed E-state index contributed by atoms with van der Waals surface area (Å²) in [5.74, 6) is 0.778. The minimum atomic E-state index is 0.139. The molecule has 0 aromatic heterocycles. The van der Waals surface area contributed by atoms with E-state index in [-0.39, 0.29) is 6.03 Å². The van der Waals surface area contributed by atoms with E-state index in [0.717, 1.165) is 51.4 Å². The lowest BCUT2D eigenvalue weighted by atomic mass is 9.99. The van der Waals surface area contributed by atoms with E-state index in [2.05, 4.69) is 17.6 Å². The van der Waals surface area contributed by atoms with Gasteiger partial charge in [0.25, 0.3) is 0 Å². The normalized spacial score (nSPS) is 27.8. The first kappa shape index (κ1) is 11.7. The molecule has 0 aromatic carbocycles. The van der Waals surface area contributed by atoms with E-state index in [1.807, 2.05) is 4.90 Å². The molecule has 2 fully saturated rings. The number of carbonyl (C=O) groups excluding carboxylic acids is 1. The van der Waals surface area contributed by atoms with E-state index in [0.29, 0.717) is 6.04 Å². The summed E-state index contributed by atoms with van der Waals surface area (Å²) in [6.07, 6.45) is 4.58. The summed E-state index contributed by atoms with van der Waals surface area (Å²) in [5.41, 5.74) is 0. The Hall–Kier alpha value is -0.770. The Bertz CT molecular complexity index is 230. The molecular weight excluding hydrogens is 202 g/mol. The second-order valence-corrected chi connectivity index (χ2v) is 5.16. The highest BCUT2D eigenvalue weighted by Gasteiger charge is 2.22. The number of nitrogens with one attached hydrogen (secondary N) is 2. The molecule has 0 saturated carbocycles. The molecule has 4 nitrogen and oxygen atoms in total. The van der Waals surface area contributed by atoms with Gasteiger partial charge in [-0.2, -0.15) is 0 Å². The largest absolute Gasteiger partial charge is 0.334 e. The summed E-state index contributed by atoms with van der Waals surface area (Å²) in [6, 6.07) is 0.473. The molecule has 4 heteroatoms. The van der Waals surface area contributed by atoms with E-state index in [4.69, 9.17) is 0 Å². The highest BCUT2D eigenvalue weighted by Crippen LogP contribution is 2.16. The van der Waals surface area contributed by atoms with E-state index >= 15 is 0 Å². The van der Waals surface area contributed by atoms with Crippen LogP contribution in [-0.4, -0.2) is 43.2 Å². The van der Waals surface area contributed by atoms with Gasteiger partial charge in [-0.1, -0.05) is 6.92 Å². The lowest BCUT2D eigenvalue weighted by Crippen LogP contribution is -2.51. The average molecular weight is 225 g/mol. The summed E-state index contributed by atoms with van der Waals surface area (Å²) < 4.78 is 0. The van der Waals surface area contributed by atoms with Crippen molar-refractivity contribution in [1.82, 2.24) is 15.5 Å². The van der Waals surface area contributed by atoms with Crippen molar-refractivity contribution in [2.45, 2.75) is 38.6 Å². The minimum absolute atomic E-state index is 0.139. The molecule has 1 atom stereocenters. The molecule has 2 rings (SSSR count). The number of nitrogens with zero attached hydrogens (tertiary/aromatic N) is 1. The van der Waals surface area contributed by atoms with Crippen molar-refractivity contribution in [1.29, 1.82) is 0 Å². The summed E-state index contributed by atoms with van der Waals surface area (Å²) in [4.78, 5) is 13.9. The maximum absolute atomic E-state index is 12.0. The van der Waals surface area contributed by atoms with Crippen LogP contribution in [0, 0.1) is 5.92 Å². The number of piperidine rings is 2. The number of amides is 2. The summed E-state index contributed by atoms with van der Waals surface area (Å²) >= 11 is 0. The van der Waals surface area contributed by atoms with Crippen LogP contribution in [0.5, 0.6) is 0 Å². The Labute approximate surface area is 97.8 Å². The maximum atomic E-state index is 12.0. The lowest BCUT2D eigenvalue weighted by Gasteiger charge is -2.32. The Balaban J connectivity index is 1.74. The van der Waals surface area contributed by atoms with Gasteiger partial charge >= 0.3 is 6.03 Å². The molecule has 0 unspecified atom stereocenters. The lowest BCUT2D eigenvalue weighted by molar-refractivity contribution is 0.168. The molecule has 2 N–H and O–H groups in total. The summed E-state index contributed by atoms with van der Waals surface area (Å²) in [5, 5.41) is 6.44. The van der Waals surface area contributed by atoms with Crippen LogP contribution >= 0.6 is 0 Å². The topological polar surface area (TPSA) is 44.4 Å². The third-order valence-corrected chi connectivity index (χ3v) is 3.70. The van der Waals surface area contributed by atoms with Crippen LogP contribution in [0.1, 0.15) is 32.6 Å². The van der Waals surface area contributed by atoms with Gasteiger partial charge in [-0.3, -0.25) is 0 Å². The van der Waals surface area contributed by atoms with Crippen molar-refractivity contribution < 1.29 is 4.79 Å². The molecule has 2 heterocycles. The highest BCUT2D eigenvalue weighted by molar-refractivity contribution is 5.74. The number of carbonyl (C=O) groups is 1. The summed E-state index contributed by atoms with van der Waals surface area (Å²) in [6.45, 7) is 6.13. The van der Waals surface area contributed by atoms with Gasteiger partial charge in [0.1, 0.15) is 0 Å². The third-order valence-electron chi connectivity index (χ3n) is 3.70. The second kappa shape index (κ2) is 5.53. The number of likely N-dealkylation sites (tertiary alicyclic amines) is 1. The van der Waals surface area contributed by atoms with E-state index in [1.165, 1.54) is 6.42 Å². The molecular formula is C12H23N3O. The quantitative estimate of drug-likeness (QED) is 0.704. The zero-order valence-corrected chi connectivity index (χ0v) is 10.2. The van der Waals surface area contributed by atoms with Crippen molar-refractivity contribution in [2.75, 3.05) is 26.2 Å². The van der Waals surface area contributed by atoms with Crippen molar-refractivity contribution in [3.63, 3.8) is 0 Å². The molecule has 0 aromatic rings. The fraction of sp³-hybridized carbons (Fsp3) is 0.917. The van der Waals surface area contributed by atoms with Gasteiger partial charge in [0.2, 0.25) is 0 Å². The Morgan fingerprint density at radius 1 is 1.31 bits per heavy atom. The van der Waals surface area contributed by atoms with Crippen molar-refractivity contribution in [3.8, 4) is 0 Å². The van der Waals surface area contributed by atoms with Crippen LogP contribution in [0.25, 0.3) is 0 Å². The molecule has 0 bridgehead atoms. The Morgan fingerprint density at radius 3 is 2.69 bits per heavy atom. The van der Waals surface area contributed by atoms with Crippen LogP contribution in [0.15, 0.2) is 0 Å². The number of urea groups is 1. The molecule has 0 aliphatic carbocycles. The smallest absolute Gasteiger partial charge is 0.317 e. The van der Waals surface area contributed by atoms with Gasteiger partial charge in [0.15, 0.2) is 0 Å². The molecule has 0 radical (unpaired) electrons. The predicted molar refractivity (Wildman–Crippen MR) is 64.4 cm³/mol. The first-order valence-electron chi connectivity index (χ1n) is 6.52. The second-order valence-electron chi connectivity index (χ2n) is 5.16. The molecule has 2 aliphatic rings. The Morgan fingerprint density at radius 2 is 2.06 bits per heavy atom. The molecule has 2 amide bonds. The van der Waals surface area contributed by atoms with Gasteiger partial charge < -0.3 is 15.5 Å². The fourth-order valence-electron chi connectivity index (χ4n) is 2.45. The minimum Gasteiger partial charge on any atom is -0.334 e. The SMILES string of the molecule is CC1CCN(C(=O)N[C@H]2CCCNC2)CC1. The zero-order valence-electron chi connectivity index (χ0n) is 10.2. The third kappa shape index (κ3) is 3.11. The highest BCUT2D eigenvalue weighted by atomic mass is 16.2. The average Bonchev–Trinajstić information content (AvgIpc) is 2.31. The van der Waals surface area contributed by atoms with E-state index < -0.39 is 0 Å². The van der Waals surface area contributed by atoms with Gasteiger partial charge in [0, 0.05) is 25.7 Å². The van der Waals surface area contributed by atoms with E-state index in [9.17, 15) is 4.79 Å². The number of hydrogen-bond acceptors (Lipinski definition) is 2. The first-order chi connectivity index (χ1) is 7.75. The van der Waals surface area contributed by atoms with Gasteiger partial charge in [0.05, 0.1) is 0 Å². The Kier molecular flexibility index (Phi) is 4.04. The number of rotatable bonds is 1. The van der Waals surface area contributed by atoms with Crippen LogP contribution in [-0.2, 0) is 0 Å². The van der Waals surface area contributed by atoms with Crippen LogP contribution in [0.4, 0.5) is 4.79 Å². The standard InChI is InChI=1S/C12H23N3O/c1-10-4-7-15(8-5-10)12(16)14-11-3-2-6-13-9-11/h10-11,13H,2-9H2,1H3,(H,14,16)/t11-/m0/s1. The van der Waals surface area contributed by atoms with Crippen molar-refractivity contribution in [3.05, 3.63) is 0 Å².